The van der Waals surface area contributed by atoms with E-state index in [0.717, 1.165) is 58.3 Å². The molecule has 2 saturated heterocycles. The van der Waals surface area contributed by atoms with Crippen LogP contribution in [0.4, 0.5) is 0 Å². The number of benzene rings is 1. The third-order valence-electron chi connectivity index (χ3n) is 6.81. The van der Waals surface area contributed by atoms with Gasteiger partial charge >= 0.3 is 0 Å². The third kappa shape index (κ3) is 2.56. The number of rotatable bonds is 3. The molecule has 3 aliphatic rings. The quantitative estimate of drug-likeness (QED) is 0.891. The van der Waals surface area contributed by atoms with E-state index in [9.17, 15) is 9.90 Å². The van der Waals surface area contributed by atoms with Crippen LogP contribution in [0.3, 0.4) is 0 Å². The van der Waals surface area contributed by atoms with Gasteiger partial charge in [-0.1, -0.05) is 30.3 Å². The van der Waals surface area contributed by atoms with E-state index < -0.39 is 0 Å². The van der Waals surface area contributed by atoms with Crippen molar-refractivity contribution >= 4 is 5.91 Å². The van der Waals surface area contributed by atoms with Crippen LogP contribution in [-0.2, 0) is 10.2 Å². The van der Waals surface area contributed by atoms with Crippen LogP contribution in [0.25, 0.3) is 0 Å². The van der Waals surface area contributed by atoms with Crippen molar-refractivity contribution in [2.24, 2.45) is 11.3 Å². The number of carbonyl (C=O) groups is 1. The molecule has 1 aliphatic carbocycles. The molecule has 2 aliphatic heterocycles. The van der Waals surface area contributed by atoms with E-state index in [1.165, 1.54) is 5.56 Å². The van der Waals surface area contributed by atoms with Gasteiger partial charge in [0.25, 0.3) is 0 Å². The number of carbonyl (C=O) groups excluding carboxylic acids is 1. The molecule has 2 heterocycles. The summed E-state index contributed by atoms with van der Waals surface area (Å²) in [6, 6.07) is 10.3. The Bertz CT molecular complexity index is 589. The summed E-state index contributed by atoms with van der Waals surface area (Å²) in [5, 5.41) is 13.2. The van der Waals surface area contributed by atoms with E-state index in [4.69, 9.17) is 0 Å². The largest absolute Gasteiger partial charge is 0.396 e. The van der Waals surface area contributed by atoms with Gasteiger partial charge in [-0.05, 0) is 49.6 Å². The number of piperidine rings is 2. The number of hydrogen-bond donors (Lipinski definition) is 2. The van der Waals surface area contributed by atoms with Gasteiger partial charge < -0.3 is 15.3 Å². The van der Waals surface area contributed by atoms with Crippen LogP contribution in [0.5, 0.6) is 0 Å². The molecule has 24 heavy (non-hydrogen) atoms. The Labute approximate surface area is 144 Å². The molecule has 1 atom stereocenters. The van der Waals surface area contributed by atoms with Crippen molar-refractivity contribution in [2.45, 2.75) is 37.5 Å². The first-order valence-corrected chi connectivity index (χ1v) is 9.37. The molecule has 1 saturated carbocycles. The molecule has 1 amide bonds. The molecule has 3 fully saturated rings. The van der Waals surface area contributed by atoms with Crippen molar-refractivity contribution in [3.63, 3.8) is 0 Å². The normalized spacial score (nSPS) is 27.9. The Morgan fingerprint density at radius 2 is 1.83 bits per heavy atom. The maximum absolute atomic E-state index is 13.2. The first kappa shape index (κ1) is 16.1. The van der Waals surface area contributed by atoms with Crippen molar-refractivity contribution in [3.05, 3.63) is 35.9 Å². The molecule has 0 radical (unpaired) electrons. The van der Waals surface area contributed by atoms with Gasteiger partial charge in [0.05, 0.1) is 5.41 Å². The average molecular weight is 328 g/mol. The number of aliphatic hydroxyl groups excluding tert-OH is 1. The fraction of sp³-hybridized carbons (Fsp3) is 0.650. The second kappa shape index (κ2) is 6.16. The highest BCUT2D eigenvalue weighted by Gasteiger charge is 2.54. The minimum atomic E-state index is -0.240. The molecular weight excluding hydrogens is 300 g/mol. The van der Waals surface area contributed by atoms with Crippen molar-refractivity contribution in [2.75, 3.05) is 32.8 Å². The molecule has 4 heteroatoms. The second-order valence-corrected chi connectivity index (χ2v) is 7.94. The number of hydrogen-bond acceptors (Lipinski definition) is 3. The van der Waals surface area contributed by atoms with Crippen molar-refractivity contribution in [1.82, 2.24) is 10.2 Å². The van der Waals surface area contributed by atoms with Gasteiger partial charge in [0.15, 0.2) is 0 Å². The van der Waals surface area contributed by atoms with Gasteiger partial charge in [-0.3, -0.25) is 4.79 Å². The van der Waals surface area contributed by atoms with Crippen LogP contribution < -0.4 is 5.32 Å². The first-order chi connectivity index (χ1) is 11.7. The van der Waals surface area contributed by atoms with E-state index in [0.29, 0.717) is 11.8 Å². The minimum absolute atomic E-state index is 0.236. The molecule has 4 rings (SSSR count). The second-order valence-electron chi connectivity index (χ2n) is 7.94. The van der Waals surface area contributed by atoms with Crippen LogP contribution in [-0.4, -0.2) is 48.7 Å². The Balaban J connectivity index is 1.45. The van der Waals surface area contributed by atoms with Gasteiger partial charge in [0, 0.05) is 32.2 Å². The topological polar surface area (TPSA) is 52.6 Å². The van der Waals surface area contributed by atoms with E-state index in [2.05, 4.69) is 22.3 Å². The van der Waals surface area contributed by atoms with E-state index in [1.807, 2.05) is 18.2 Å². The fourth-order valence-corrected chi connectivity index (χ4v) is 4.92. The maximum atomic E-state index is 13.2. The molecule has 1 spiro atoms. The molecule has 4 nitrogen and oxygen atoms in total. The number of amides is 1. The molecule has 0 unspecified atom stereocenters. The molecule has 1 aromatic carbocycles. The molecule has 1 aromatic rings. The molecular formula is C20H28N2O2. The van der Waals surface area contributed by atoms with Gasteiger partial charge in [-0.25, -0.2) is 0 Å². The van der Waals surface area contributed by atoms with E-state index in [1.54, 1.807) is 0 Å². The number of aliphatic hydroxyl groups is 1. The summed E-state index contributed by atoms with van der Waals surface area (Å²) < 4.78 is 0. The summed E-state index contributed by atoms with van der Waals surface area (Å²) in [6.45, 7) is 3.92. The lowest BCUT2D eigenvalue weighted by Gasteiger charge is -2.49. The lowest BCUT2D eigenvalue weighted by atomic mass is 9.65. The average Bonchev–Trinajstić information content (AvgIpc) is 3.45. The van der Waals surface area contributed by atoms with Crippen LogP contribution in [0, 0.1) is 11.3 Å². The zero-order valence-electron chi connectivity index (χ0n) is 14.3. The van der Waals surface area contributed by atoms with Crippen LogP contribution in [0.15, 0.2) is 30.3 Å². The lowest BCUT2D eigenvalue weighted by molar-refractivity contribution is -0.137. The summed E-state index contributed by atoms with van der Waals surface area (Å²) >= 11 is 0. The van der Waals surface area contributed by atoms with Crippen molar-refractivity contribution < 1.29 is 9.90 Å². The van der Waals surface area contributed by atoms with Crippen molar-refractivity contribution in [1.29, 1.82) is 0 Å². The summed E-state index contributed by atoms with van der Waals surface area (Å²) in [7, 11) is 0. The molecule has 0 bridgehead atoms. The van der Waals surface area contributed by atoms with E-state index in [-0.39, 0.29) is 17.4 Å². The Kier molecular flexibility index (Phi) is 4.13. The standard InChI is InChI=1S/C20H28N2O2/c23-15-17-14-21-11-8-19(17)9-12-22(13-10-19)18(24)20(6-7-20)16-4-2-1-3-5-16/h1-5,17,21,23H,6-15H2/t17-/m0/s1. The first-order valence-electron chi connectivity index (χ1n) is 9.37. The summed E-state index contributed by atoms with van der Waals surface area (Å²) in [4.78, 5) is 15.3. The number of nitrogens with zero attached hydrogens (tertiary/aromatic N) is 1. The predicted molar refractivity (Wildman–Crippen MR) is 93.7 cm³/mol. The summed E-state index contributed by atoms with van der Waals surface area (Å²) in [5.74, 6) is 0.672. The van der Waals surface area contributed by atoms with Crippen LogP contribution in [0.1, 0.15) is 37.7 Å². The van der Waals surface area contributed by atoms with E-state index >= 15 is 0 Å². The molecule has 0 aromatic heterocycles. The number of nitrogens with one attached hydrogen (secondary N) is 1. The highest BCUT2D eigenvalue weighted by atomic mass is 16.3. The third-order valence-corrected chi connectivity index (χ3v) is 6.81. The van der Waals surface area contributed by atoms with Crippen LogP contribution in [0.2, 0.25) is 0 Å². The predicted octanol–water partition coefficient (Wildman–Crippen LogP) is 1.93. The Morgan fingerprint density at radius 3 is 2.46 bits per heavy atom. The zero-order valence-corrected chi connectivity index (χ0v) is 14.3. The highest BCUT2D eigenvalue weighted by Crippen LogP contribution is 2.51. The van der Waals surface area contributed by atoms with Crippen LogP contribution >= 0.6 is 0 Å². The minimum Gasteiger partial charge on any atom is -0.396 e. The molecule has 2 N–H and O–H groups in total. The Hall–Kier alpha value is -1.39. The fourth-order valence-electron chi connectivity index (χ4n) is 4.92. The Morgan fingerprint density at radius 1 is 1.12 bits per heavy atom. The van der Waals surface area contributed by atoms with Gasteiger partial charge in [0.1, 0.15) is 0 Å². The smallest absolute Gasteiger partial charge is 0.233 e. The zero-order chi connectivity index (χ0) is 16.6. The summed E-state index contributed by atoms with van der Waals surface area (Å²) in [6.07, 6.45) is 5.18. The van der Waals surface area contributed by atoms with Crippen molar-refractivity contribution in [3.8, 4) is 0 Å². The van der Waals surface area contributed by atoms with Gasteiger partial charge in [0.2, 0.25) is 5.91 Å². The maximum Gasteiger partial charge on any atom is 0.233 e. The number of likely N-dealkylation sites (tertiary alicyclic amines) is 1. The van der Waals surface area contributed by atoms with Gasteiger partial charge in [-0.15, -0.1) is 0 Å². The monoisotopic (exact) mass is 328 g/mol. The lowest BCUT2D eigenvalue weighted by Crippen LogP contribution is -2.54. The SMILES string of the molecule is O=C(N1CCC2(CCNC[C@H]2CO)CC1)C1(c2ccccc2)CC1. The summed E-state index contributed by atoms with van der Waals surface area (Å²) in [5.41, 5.74) is 1.18. The van der Waals surface area contributed by atoms with Gasteiger partial charge in [-0.2, -0.15) is 0 Å². The highest BCUT2D eigenvalue weighted by molar-refractivity contribution is 5.91. The molecule has 130 valence electrons.